The van der Waals surface area contributed by atoms with Crippen molar-refractivity contribution >= 4 is 21.8 Å². The number of methoxy groups -OCH3 is 1. The molecule has 1 aromatic rings. The van der Waals surface area contributed by atoms with Gasteiger partial charge in [0, 0.05) is 4.47 Å². The van der Waals surface area contributed by atoms with Crippen molar-refractivity contribution in [2.24, 2.45) is 5.84 Å². The van der Waals surface area contributed by atoms with Crippen LogP contribution in [0.1, 0.15) is 10.4 Å². The first-order chi connectivity index (χ1) is 6.19. The summed E-state index contributed by atoms with van der Waals surface area (Å²) in [5, 5.41) is 0. The number of hydrogen-bond acceptors (Lipinski definition) is 3. The number of nitrogens with two attached hydrogens (primary N) is 1. The molecule has 13 heavy (non-hydrogen) atoms. The minimum absolute atomic E-state index is 0.338. The lowest BCUT2D eigenvalue weighted by Crippen LogP contribution is -2.30. The van der Waals surface area contributed by atoms with E-state index in [2.05, 4.69) is 15.9 Å². The molecule has 0 unspecified atom stereocenters. The first kappa shape index (κ1) is 10.0. The fourth-order valence-corrected chi connectivity index (χ4v) is 1.42. The van der Waals surface area contributed by atoms with Crippen LogP contribution in [0.25, 0.3) is 0 Å². The standard InChI is InChI=1S/C8H9BrN2O2/c1-13-5-2-3-6(7(9)4-5)8(12)11-10/h2-4H,10H2,1H3,(H,11,12). The Kier molecular flexibility index (Phi) is 3.27. The molecule has 3 N–H and O–H groups in total. The molecule has 5 heteroatoms. The molecule has 0 saturated heterocycles. The lowest BCUT2D eigenvalue weighted by atomic mass is 10.2. The lowest BCUT2D eigenvalue weighted by Gasteiger charge is -2.04. The summed E-state index contributed by atoms with van der Waals surface area (Å²) in [5.41, 5.74) is 2.53. The molecule has 0 heterocycles. The van der Waals surface area contributed by atoms with Crippen molar-refractivity contribution in [2.45, 2.75) is 0 Å². The van der Waals surface area contributed by atoms with Crippen molar-refractivity contribution < 1.29 is 9.53 Å². The van der Waals surface area contributed by atoms with Gasteiger partial charge in [0.05, 0.1) is 12.7 Å². The summed E-state index contributed by atoms with van der Waals surface area (Å²) in [7, 11) is 1.56. The third-order valence-corrected chi connectivity index (χ3v) is 2.21. The summed E-state index contributed by atoms with van der Waals surface area (Å²) < 4.78 is 5.62. The van der Waals surface area contributed by atoms with Crippen molar-refractivity contribution in [1.82, 2.24) is 5.43 Å². The van der Waals surface area contributed by atoms with E-state index in [0.717, 1.165) is 0 Å². The molecule has 0 saturated carbocycles. The first-order valence-electron chi connectivity index (χ1n) is 3.53. The second-order valence-corrected chi connectivity index (χ2v) is 3.17. The molecule has 0 aliphatic rings. The molecule has 0 fully saturated rings. The second-order valence-electron chi connectivity index (χ2n) is 2.32. The smallest absolute Gasteiger partial charge is 0.266 e. The van der Waals surface area contributed by atoms with Gasteiger partial charge in [0.15, 0.2) is 0 Å². The predicted molar refractivity (Wildman–Crippen MR) is 52.3 cm³/mol. The number of hydrazine groups is 1. The van der Waals surface area contributed by atoms with Crippen molar-refractivity contribution in [1.29, 1.82) is 0 Å². The van der Waals surface area contributed by atoms with E-state index in [1.54, 1.807) is 25.3 Å². The summed E-state index contributed by atoms with van der Waals surface area (Å²) in [5.74, 6) is 5.33. The van der Waals surface area contributed by atoms with Gasteiger partial charge in [-0.25, -0.2) is 5.84 Å². The SMILES string of the molecule is COc1ccc(C(=O)NN)c(Br)c1. The average Bonchev–Trinajstić information content (AvgIpc) is 2.16. The Balaban J connectivity index is 3.05. The third kappa shape index (κ3) is 2.19. The Bertz CT molecular complexity index is 328. The summed E-state index contributed by atoms with van der Waals surface area (Å²) in [6.45, 7) is 0. The highest BCUT2D eigenvalue weighted by atomic mass is 79.9. The van der Waals surface area contributed by atoms with Crippen LogP contribution < -0.4 is 16.0 Å². The van der Waals surface area contributed by atoms with Gasteiger partial charge in [0.1, 0.15) is 5.75 Å². The molecule has 0 spiro atoms. The fourth-order valence-electron chi connectivity index (χ4n) is 0.885. The zero-order valence-corrected chi connectivity index (χ0v) is 8.59. The molecule has 1 amide bonds. The van der Waals surface area contributed by atoms with Crippen molar-refractivity contribution in [3.63, 3.8) is 0 Å². The predicted octanol–water partition coefficient (Wildman–Crippen LogP) is 1.06. The number of carbonyl (C=O) groups excluding carboxylic acids is 1. The Hall–Kier alpha value is -1.07. The minimum atomic E-state index is -0.338. The van der Waals surface area contributed by atoms with E-state index in [1.807, 2.05) is 5.43 Å². The zero-order chi connectivity index (χ0) is 9.84. The van der Waals surface area contributed by atoms with Gasteiger partial charge in [0.25, 0.3) is 5.91 Å². The summed E-state index contributed by atoms with van der Waals surface area (Å²) in [6, 6.07) is 5.02. The summed E-state index contributed by atoms with van der Waals surface area (Å²) in [4.78, 5) is 11.1. The van der Waals surface area contributed by atoms with Crippen LogP contribution in [-0.4, -0.2) is 13.0 Å². The van der Waals surface area contributed by atoms with Crippen molar-refractivity contribution in [3.05, 3.63) is 28.2 Å². The number of halogens is 1. The number of rotatable bonds is 2. The molecular formula is C8H9BrN2O2. The van der Waals surface area contributed by atoms with Crippen LogP contribution in [0.2, 0.25) is 0 Å². The maximum atomic E-state index is 11.1. The van der Waals surface area contributed by atoms with Gasteiger partial charge in [-0.3, -0.25) is 10.2 Å². The van der Waals surface area contributed by atoms with E-state index in [9.17, 15) is 4.79 Å². The van der Waals surface area contributed by atoms with E-state index >= 15 is 0 Å². The van der Waals surface area contributed by atoms with E-state index in [1.165, 1.54) is 0 Å². The quantitative estimate of drug-likeness (QED) is 0.465. The highest BCUT2D eigenvalue weighted by Gasteiger charge is 2.08. The van der Waals surface area contributed by atoms with Gasteiger partial charge >= 0.3 is 0 Å². The normalized spacial score (nSPS) is 9.46. The number of amides is 1. The molecule has 0 aliphatic carbocycles. The topological polar surface area (TPSA) is 64.3 Å². The van der Waals surface area contributed by atoms with E-state index in [4.69, 9.17) is 10.6 Å². The molecule has 1 rings (SSSR count). The Morgan fingerprint density at radius 3 is 2.77 bits per heavy atom. The second kappa shape index (κ2) is 4.25. The number of ether oxygens (including phenoxy) is 1. The van der Waals surface area contributed by atoms with Gasteiger partial charge in [-0.05, 0) is 34.1 Å². The lowest BCUT2D eigenvalue weighted by molar-refractivity contribution is 0.0953. The Morgan fingerprint density at radius 1 is 1.62 bits per heavy atom. The fraction of sp³-hybridized carbons (Fsp3) is 0.125. The summed E-state index contributed by atoms with van der Waals surface area (Å²) >= 11 is 3.23. The molecule has 1 aromatic carbocycles. The maximum absolute atomic E-state index is 11.1. The molecular weight excluding hydrogens is 236 g/mol. The van der Waals surface area contributed by atoms with Crippen LogP contribution in [0.5, 0.6) is 5.75 Å². The van der Waals surface area contributed by atoms with Gasteiger partial charge in [-0.15, -0.1) is 0 Å². The van der Waals surface area contributed by atoms with Gasteiger partial charge in [-0.1, -0.05) is 0 Å². The Morgan fingerprint density at radius 2 is 2.31 bits per heavy atom. The number of carbonyl (C=O) groups is 1. The number of hydrogen-bond donors (Lipinski definition) is 2. The zero-order valence-electron chi connectivity index (χ0n) is 7.00. The maximum Gasteiger partial charge on any atom is 0.266 e. The third-order valence-electron chi connectivity index (χ3n) is 1.55. The van der Waals surface area contributed by atoms with Crippen LogP contribution in [0.4, 0.5) is 0 Å². The molecule has 0 radical (unpaired) electrons. The van der Waals surface area contributed by atoms with Gasteiger partial charge in [0.2, 0.25) is 0 Å². The molecule has 0 bridgehead atoms. The van der Waals surface area contributed by atoms with Crippen LogP contribution in [-0.2, 0) is 0 Å². The van der Waals surface area contributed by atoms with Crippen molar-refractivity contribution in [2.75, 3.05) is 7.11 Å². The molecule has 0 aliphatic heterocycles. The Labute approximate surface area is 84.2 Å². The summed E-state index contributed by atoms with van der Waals surface area (Å²) in [6.07, 6.45) is 0. The largest absolute Gasteiger partial charge is 0.497 e. The van der Waals surface area contributed by atoms with Crippen molar-refractivity contribution in [3.8, 4) is 5.75 Å². The molecule has 0 atom stereocenters. The first-order valence-corrected chi connectivity index (χ1v) is 4.33. The van der Waals surface area contributed by atoms with E-state index in [0.29, 0.717) is 15.8 Å². The number of nitrogen functional groups attached to an aromatic ring is 1. The highest BCUT2D eigenvalue weighted by molar-refractivity contribution is 9.10. The minimum Gasteiger partial charge on any atom is -0.497 e. The number of nitrogens with one attached hydrogen (secondary N) is 1. The number of benzene rings is 1. The van der Waals surface area contributed by atoms with Crippen LogP contribution in [0.15, 0.2) is 22.7 Å². The molecule has 0 aromatic heterocycles. The molecule has 4 nitrogen and oxygen atoms in total. The van der Waals surface area contributed by atoms with Crippen LogP contribution >= 0.6 is 15.9 Å². The molecule has 70 valence electrons. The van der Waals surface area contributed by atoms with Gasteiger partial charge in [-0.2, -0.15) is 0 Å². The highest BCUT2D eigenvalue weighted by Crippen LogP contribution is 2.22. The monoisotopic (exact) mass is 244 g/mol. The van der Waals surface area contributed by atoms with Gasteiger partial charge < -0.3 is 4.74 Å². The average molecular weight is 245 g/mol. The van der Waals surface area contributed by atoms with E-state index < -0.39 is 0 Å². The van der Waals surface area contributed by atoms with E-state index in [-0.39, 0.29) is 5.91 Å². The van der Waals surface area contributed by atoms with Crippen LogP contribution in [0.3, 0.4) is 0 Å². The van der Waals surface area contributed by atoms with Crippen LogP contribution in [0, 0.1) is 0 Å².